The zero-order chi connectivity index (χ0) is 24.8. The number of ketones is 2. The Balaban J connectivity index is 1.35. The maximum absolute atomic E-state index is 13.1. The molecule has 2 unspecified atom stereocenters. The first-order chi connectivity index (χ1) is 16.9. The lowest BCUT2D eigenvalue weighted by molar-refractivity contribution is -0.126. The topological polar surface area (TPSA) is 61.8 Å². The minimum atomic E-state index is -0.438. The van der Waals surface area contributed by atoms with E-state index in [1.807, 2.05) is 24.3 Å². The third-order valence-electron chi connectivity index (χ3n) is 6.27. The van der Waals surface area contributed by atoms with Crippen LogP contribution in [-0.2, 0) is 16.0 Å². The van der Waals surface area contributed by atoms with Gasteiger partial charge in [0.2, 0.25) is 0 Å². The van der Waals surface area contributed by atoms with Crippen LogP contribution in [0, 0.1) is 5.82 Å². The van der Waals surface area contributed by atoms with Gasteiger partial charge in [0.25, 0.3) is 0 Å². The first kappa shape index (κ1) is 24.6. The fourth-order valence-corrected chi connectivity index (χ4v) is 4.28. The molecule has 3 aromatic rings. The Kier molecular flexibility index (Phi) is 7.93. The van der Waals surface area contributed by atoms with Gasteiger partial charge in [-0.25, -0.2) is 4.39 Å². The second kappa shape index (κ2) is 11.3. The number of methoxy groups -OCH3 is 1. The third kappa shape index (κ3) is 6.34. The van der Waals surface area contributed by atoms with Crippen LogP contribution in [0.4, 0.5) is 4.39 Å². The van der Waals surface area contributed by atoms with Gasteiger partial charge in [0.15, 0.2) is 11.6 Å². The maximum atomic E-state index is 13.1. The van der Waals surface area contributed by atoms with E-state index < -0.39 is 6.10 Å². The summed E-state index contributed by atoms with van der Waals surface area (Å²) in [6.45, 7) is 1.53. The fraction of sp³-hybridized carbons (Fsp3) is 0.310. The molecule has 0 bridgehead atoms. The van der Waals surface area contributed by atoms with Gasteiger partial charge in [-0.3, -0.25) is 9.59 Å². The summed E-state index contributed by atoms with van der Waals surface area (Å²) in [5.74, 6) is 0.897. The first-order valence-electron chi connectivity index (χ1n) is 11.8. The number of hydrogen-bond acceptors (Lipinski definition) is 5. The van der Waals surface area contributed by atoms with Crippen LogP contribution in [-0.4, -0.2) is 37.0 Å². The molecule has 0 aliphatic heterocycles. The zero-order valence-electron chi connectivity index (χ0n) is 19.9. The summed E-state index contributed by atoms with van der Waals surface area (Å²) < 4.78 is 30.8. The Hall–Kier alpha value is -3.51. The molecule has 0 radical (unpaired) electrons. The van der Waals surface area contributed by atoms with Gasteiger partial charge in [0, 0.05) is 24.7 Å². The van der Waals surface area contributed by atoms with Crippen molar-refractivity contribution >= 4 is 11.6 Å². The SMILES string of the molecule is CO[C@@H](Cc1ccc(OC2CCCC2Oc2ccc(C(=O)c3ccc(F)cc3)cc2)cc1)C(C)=O. The van der Waals surface area contributed by atoms with Crippen molar-refractivity contribution in [1.82, 2.24) is 0 Å². The summed E-state index contributed by atoms with van der Waals surface area (Å²) in [6, 6.07) is 20.2. The van der Waals surface area contributed by atoms with Crippen LogP contribution in [0.15, 0.2) is 72.8 Å². The van der Waals surface area contributed by atoms with E-state index in [9.17, 15) is 14.0 Å². The standard InChI is InChI=1S/C29H29FO5/c1-19(31)28(33-2)18-20-6-14-24(15-7-20)34-26-4-3-5-27(26)35-25-16-10-22(11-17-25)29(32)21-8-12-23(30)13-9-21/h6-17,26-28H,3-5,18H2,1-2H3/t26?,27?,28-/m0/s1. The van der Waals surface area contributed by atoms with Crippen molar-refractivity contribution in [3.05, 3.63) is 95.3 Å². The van der Waals surface area contributed by atoms with Crippen molar-refractivity contribution in [2.45, 2.75) is 50.9 Å². The highest BCUT2D eigenvalue weighted by molar-refractivity contribution is 6.09. The van der Waals surface area contributed by atoms with E-state index in [1.165, 1.54) is 31.2 Å². The molecule has 0 heterocycles. The average Bonchev–Trinajstić information content (AvgIpc) is 3.30. The lowest BCUT2D eigenvalue weighted by Crippen LogP contribution is -2.31. The van der Waals surface area contributed by atoms with Crippen molar-refractivity contribution in [3.63, 3.8) is 0 Å². The molecule has 0 amide bonds. The zero-order valence-corrected chi connectivity index (χ0v) is 19.9. The van der Waals surface area contributed by atoms with Gasteiger partial charge < -0.3 is 14.2 Å². The minimum Gasteiger partial charge on any atom is -0.487 e. The van der Waals surface area contributed by atoms with Crippen molar-refractivity contribution in [2.75, 3.05) is 7.11 Å². The molecule has 6 heteroatoms. The largest absolute Gasteiger partial charge is 0.487 e. The Morgan fingerprint density at radius 1 is 0.829 bits per heavy atom. The average molecular weight is 477 g/mol. The van der Waals surface area contributed by atoms with E-state index in [4.69, 9.17) is 14.2 Å². The minimum absolute atomic E-state index is 0.00614. The molecule has 182 valence electrons. The van der Waals surface area contributed by atoms with Crippen LogP contribution < -0.4 is 9.47 Å². The predicted octanol–water partition coefficient (Wildman–Crippen LogP) is 5.58. The maximum Gasteiger partial charge on any atom is 0.193 e. The van der Waals surface area contributed by atoms with Gasteiger partial charge in [-0.05, 0) is 92.4 Å². The van der Waals surface area contributed by atoms with Crippen LogP contribution in [0.25, 0.3) is 0 Å². The van der Waals surface area contributed by atoms with Gasteiger partial charge in [-0.1, -0.05) is 12.1 Å². The van der Waals surface area contributed by atoms with Gasteiger partial charge in [-0.2, -0.15) is 0 Å². The van der Waals surface area contributed by atoms with Crippen LogP contribution in [0.1, 0.15) is 47.7 Å². The number of carbonyl (C=O) groups is 2. The van der Waals surface area contributed by atoms with Crippen LogP contribution in [0.3, 0.4) is 0 Å². The number of carbonyl (C=O) groups excluding carboxylic acids is 2. The van der Waals surface area contributed by atoms with Crippen molar-refractivity contribution in [3.8, 4) is 11.5 Å². The number of benzene rings is 3. The number of Topliss-reactive ketones (excluding diaryl/α,β-unsaturated/α-hetero) is 1. The Bertz CT molecular complexity index is 1140. The highest BCUT2D eigenvalue weighted by atomic mass is 19.1. The molecule has 0 saturated heterocycles. The highest BCUT2D eigenvalue weighted by Gasteiger charge is 2.31. The van der Waals surface area contributed by atoms with Crippen molar-refractivity contribution in [1.29, 1.82) is 0 Å². The van der Waals surface area contributed by atoms with E-state index >= 15 is 0 Å². The van der Waals surface area contributed by atoms with Gasteiger partial charge in [0.05, 0.1) is 0 Å². The smallest absolute Gasteiger partial charge is 0.193 e. The van der Waals surface area contributed by atoms with Gasteiger partial charge >= 0.3 is 0 Å². The van der Waals surface area contributed by atoms with E-state index in [1.54, 1.807) is 31.4 Å². The van der Waals surface area contributed by atoms with Crippen LogP contribution >= 0.6 is 0 Å². The normalized spacial score (nSPS) is 18.1. The van der Waals surface area contributed by atoms with Crippen molar-refractivity contribution in [2.24, 2.45) is 0 Å². The fourth-order valence-electron chi connectivity index (χ4n) is 4.28. The Morgan fingerprint density at radius 3 is 1.80 bits per heavy atom. The summed E-state index contributed by atoms with van der Waals surface area (Å²) in [5.41, 5.74) is 1.96. The summed E-state index contributed by atoms with van der Waals surface area (Å²) in [4.78, 5) is 24.2. The van der Waals surface area contributed by atoms with Gasteiger partial charge in [0.1, 0.15) is 35.6 Å². The summed E-state index contributed by atoms with van der Waals surface area (Å²) in [5, 5.41) is 0. The second-order valence-electron chi connectivity index (χ2n) is 8.79. The molecule has 3 atom stereocenters. The second-order valence-corrected chi connectivity index (χ2v) is 8.79. The van der Waals surface area contributed by atoms with E-state index in [0.29, 0.717) is 23.3 Å². The molecule has 1 aliphatic carbocycles. The van der Waals surface area contributed by atoms with Crippen molar-refractivity contribution < 1.29 is 28.2 Å². The van der Waals surface area contributed by atoms with Gasteiger partial charge in [-0.15, -0.1) is 0 Å². The monoisotopic (exact) mass is 476 g/mol. The quantitative estimate of drug-likeness (QED) is 0.358. The molecule has 1 saturated carbocycles. The lowest BCUT2D eigenvalue weighted by Gasteiger charge is -2.23. The number of halogens is 1. The Morgan fingerprint density at radius 2 is 1.31 bits per heavy atom. The molecule has 35 heavy (non-hydrogen) atoms. The molecule has 4 rings (SSSR count). The molecule has 1 aliphatic rings. The molecular weight excluding hydrogens is 447 g/mol. The Labute approximate surface area is 204 Å². The summed E-state index contributed by atoms with van der Waals surface area (Å²) in [7, 11) is 1.54. The first-order valence-corrected chi connectivity index (χ1v) is 11.8. The molecule has 3 aromatic carbocycles. The molecule has 1 fully saturated rings. The number of rotatable bonds is 10. The number of hydrogen-bond donors (Lipinski definition) is 0. The highest BCUT2D eigenvalue weighted by Crippen LogP contribution is 2.29. The molecule has 0 aromatic heterocycles. The summed E-state index contributed by atoms with van der Waals surface area (Å²) in [6.07, 6.45) is 2.70. The van der Waals surface area contributed by atoms with E-state index in [0.717, 1.165) is 30.6 Å². The molecular formula is C29H29FO5. The predicted molar refractivity (Wildman–Crippen MR) is 131 cm³/mol. The van der Waals surface area contributed by atoms with Crippen LogP contribution in [0.5, 0.6) is 11.5 Å². The summed E-state index contributed by atoms with van der Waals surface area (Å²) >= 11 is 0. The van der Waals surface area contributed by atoms with E-state index in [-0.39, 0.29) is 29.6 Å². The number of ether oxygens (including phenoxy) is 3. The molecule has 5 nitrogen and oxygen atoms in total. The third-order valence-corrected chi connectivity index (χ3v) is 6.27. The van der Waals surface area contributed by atoms with Crippen LogP contribution in [0.2, 0.25) is 0 Å². The van der Waals surface area contributed by atoms with E-state index in [2.05, 4.69) is 0 Å². The molecule has 0 N–H and O–H groups in total. The molecule has 0 spiro atoms. The lowest BCUT2D eigenvalue weighted by atomic mass is 10.0.